The molecular weight excluding hydrogens is 405 g/mol. The van der Waals surface area contributed by atoms with Crippen LogP contribution in [0.2, 0.25) is 5.02 Å². The Balaban J connectivity index is 1.56. The Hall–Kier alpha value is -2.24. The Bertz CT molecular complexity index is 939. The Morgan fingerprint density at radius 3 is 3.00 bits per heavy atom. The van der Waals surface area contributed by atoms with Gasteiger partial charge >= 0.3 is 0 Å². The van der Waals surface area contributed by atoms with E-state index in [9.17, 15) is 19.4 Å². The molecule has 1 aromatic heterocycles. The number of carbonyl (C=O) groups excluding carboxylic acids is 1. The van der Waals surface area contributed by atoms with Gasteiger partial charge < -0.3 is 15.5 Å². The van der Waals surface area contributed by atoms with E-state index in [-0.39, 0.29) is 30.6 Å². The van der Waals surface area contributed by atoms with Crippen molar-refractivity contribution in [3.05, 3.63) is 46.0 Å². The second-order valence-corrected chi connectivity index (χ2v) is 7.44. The molecule has 3 N–H and O–H groups in total. The highest BCUT2D eigenvalue weighted by molar-refractivity contribution is 6.31. The molecular formula is C18H21ClFN5O4. The summed E-state index contributed by atoms with van der Waals surface area (Å²) in [6, 6.07) is 4.10. The molecule has 9 nitrogen and oxygen atoms in total. The molecule has 0 radical (unpaired) electrons. The molecule has 3 heterocycles. The third-order valence-electron chi connectivity index (χ3n) is 5.07. The van der Waals surface area contributed by atoms with Crippen molar-refractivity contribution >= 4 is 23.2 Å². The molecule has 0 saturated carbocycles. The number of hydrogen-bond donors (Lipinski definition) is 3. The van der Waals surface area contributed by atoms with Crippen LogP contribution in [0.3, 0.4) is 0 Å². The van der Waals surface area contributed by atoms with Crippen LogP contribution in [0.4, 0.5) is 10.1 Å². The fourth-order valence-corrected chi connectivity index (χ4v) is 3.77. The number of nitrogens with zero attached hydrogens (tertiary/aromatic N) is 4. The van der Waals surface area contributed by atoms with Crippen molar-refractivity contribution in [2.24, 2.45) is 0 Å². The molecule has 1 unspecified atom stereocenters. The van der Waals surface area contributed by atoms with E-state index in [1.807, 2.05) is 0 Å². The summed E-state index contributed by atoms with van der Waals surface area (Å²) in [4.78, 5) is 20.0. The normalized spacial score (nSPS) is 20.8. The van der Waals surface area contributed by atoms with E-state index in [1.165, 1.54) is 25.2 Å². The third-order valence-corrected chi connectivity index (χ3v) is 5.36. The summed E-state index contributed by atoms with van der Waals surface area (Å²) in [7, 11) is 1.50. The van der Waals surface area contributed by atoms with Crippen LogP contribution in [0.5, 0.6) is 0 Å². The van der Waals surface area contributed by atoms with E-state index in [4.69, 9.17) is 16.4 Å². The predicted molar refractivity (Wildman–Crippen MR) is 101 cm³/mol. The molecule has 1 amide bonds. The molecule has 0 aliphatic carbocycles. The summed E-state index contributed by atoms with van der Waals surface area (Å²) < 4.78 is 14.9. The van der Waals surface area contributed by atoms with Gasteiger partial charge in [-0.2, -0.15) is 5.10 Å². The van der Waals surface area contributed by atoms with Gasteiger partial charge in [0.15, 0.2) is 6.35 Å². The summed E-state index contributed by atoms with van der Waals surface area (Å²) in [5.74, 6) is -0.896. The highest BCUT2D eigenvalue weighted by Gasteiger charge is 2.35. The monoisotopic (exact) mass is 425 g/mol. The van der Waals surface area contributed by atoms with Gasteiger partial charge in [0.1, 0.15) is 17.6 Å². The molecule has 2 aliphatic heterocycles. The van der Waals surface area contributed by atoms with Crippen molar-refractivity contribution in [3.8, 4) is 0 Å². The van der Waals surface area contributed by atoms with Crippen LogP contribution in [0.1, 0.15) is 21.7 Å². The van der Waals surface area contributed by atoms with Crippen molar-refractivity contribution in [2.75, 3.05) is 25.5 Å². The van der Waals surface area contributed by atoms with Crippen molar-refractivity contribution in [3.63, 3.8) is 0 Å². The Morgan fingerprint density at radius 1 is 1.48 bits per heavy atom. The zero-order chi connectivity index (χ0) is 20.7. The van der Waals surface area contributed by atoms with Crippen molar-refractivity contribution < 1.29 is 24.2 Å². The van der Waals surface area contributed by atoms with Crippen LogP contribution < -0.4 is 5.32 Å². The first-order chi connectivity index (χ1) is 13.9. The minimum Gasteiger partial charge on any atom is -0.393 e. The summed E-state index contributed by atoms with van der Waals surface area (Å²) in [5.41, 5.74) is 2.36. The second kappa shape index (κ2) is 7.88. The number of amides is 1. The number of halogens is 2. The van der Waals surface area contributed by atoms with Gasteiger partial charge in [-0.1, -0.05) is 11.6 Å². The molecule has 1 aromatic carbocycles. The first-order valence-electron chi connectivity index (χ1n) is 9.15. The zero-order valence-electron chi connectivity index (χ0n) is 15.7. The minimum atomic E-state index is -1.07. The first-order valence-corrected chi connectivity index (χ1v) is 9.53. The summed E-state index contributed by atoms with van der Waals surface area (Å²) in [6.07, 6.45) is -1.10. The summed E-state index contributed by atoms with van der Waals surface area (Å²) in [5, 5.41) is 28.5. The number of anilines is 1. The van der Waals surface area contributed by atoms with E-state index < -0.39 is 18.3 Å². The number of aliphatic hydroxyl groups is 2. The number of fused-ring (bicyclic) bond motifs is 3. The molecule has 29 heavy (non-hydrogen) atoms. The smallest absolute Gasteiger partial charge is 0.295 e. The number of nitrogens with one attached hydrogen (secondary N) is 1. The molecule has 2 aromatic rings. The van der Waals surface area contributed by atoms with E-state index in [0.29, 0.717) is 29.9 Å². The maximum Gasteiger partial charge on any atom is 0.295 e. The van der Waals surface area contributed by atoms with Gasteiger partial charge in [-0.25, -0.2) is 9.45 Å². The highest BCUT2D eigenvalue weighted by Crippen LogP contribution is 2.27. The quantitative estimate of drug-likeness (QED) is 0.622. The Labute approximate surface area is 171 Å². The SMILES string of the molecule is CN1O[C@@H](CO)Cn2nc3c(c2C1=O)CN(C(O)Nc1ccc(F)c(Cl)c1)CC3. The van der Waals surface area contributed by atoms with Crippen molar-refractivity contribution in [1.82, 2.24) is 19.7 Å². The average molecular weight is 426 g/mol. The zero-order valence-corrected chi connectivity index (χ0v) is 16.4. The third kappa shape index (κ3) is 3.81. The molecule has 0 saturated heterocycles. The van der Waals surface area contributed by atoms with Gasteiger partial charge in [-0.15, -0.1) is 0 Å². The molecule has 0 spiro atoms. The minimum absolute atomic E-state index is 0.0443. The van der Waals surface area contributed by atoms with E-state index >= 15 is 0 Å². The fraction of sp³-hybridized carbons (Fsp3) is 0.444. The van der Waals surface area contributed by atoms with Crippen LogP contribution in [0, 0.1) is 5.82 Å². The van der Waals surface area contributed by atoms with Crippen LogP contribution in [0.15, 0.2) is 18.2 Å². The summed E-state index contributed by atoms with van der Waals surface area (Å²) >= 11 is 5.79. The fourth-order valence-electron chi connectivity index (χ4n) is 3.59. The predicted octanol–water partition coefficient (Wildman–Crippen LogP) is 0.800. The van der Waals surface area contributed by atoms with Gasteiger partial charge in [-0.05, 0) is 18.2 Å². The molecule has 4 rings (SSSR count). The largest absolute Gasteiger partial charge is 0.393 e. The number of aliphatic hydroxyl groups excluding tert-OH is 2. The van der Waals surface area contributed by atoms with Gasteiger partial charge in [0.2, 0.25) is 0 Å². The molecule has 2 aliphatic rings. The maximum absolute atomic E-state index is 13.3. The van der Waals surface area contributed by atoms with Gasteiger partial charge in [-0.3, -0.25) is 19.2 Å². The molecule has 0 bridgehead atoms. The summed E-state index contributed by atoms with van der Waals surface area (Å²) in [6.45, 7) is 0.813. The average Bonchev–Trinajstić information content (AvgIpc) is 3.00. The lowest BCUT2D eigenvalue weighted by atomic mass is 10.0. The van der Waals surface area contributed by atoms with Crippen molar-refractivity contribution in [2.45, 2.75) is 32.0 Å². The Morgan fingerprint density at radius 2 is 2.28 bits per heavy atom. The van der Waals surface area contributed by atoms with Crippen LogP contribution in [0.25, 0.3) is 0 Å². The Kier molecular flexibility index (Phi) is 5.45. The number of hydroxylamine groups is 2. The number of hydrogen-bond acceptors (Lipinski definition) is 7. The first kappa shape index (κ1) is 20.0. The van der Waals surface area contributed by atoms with Gasteiger partial charge in [0.05, 0.1) is 23.9 Å². The van der Waals surface area contributed by atoms with E-state index in [1.54, 1.807) is 9.58 Å². The van der Waals surface area contributed by atoms with Crippen LogP contribution >= 0.6 is 11.6 Å². The lowest BCUT2D eigenvalue weighted by Gasteiger charge is -2.32. The molecule has 11 heteroatoms. The highest BCUT2D eigenvalue weighted by atomic mass is 35.5. The van der Waals surface area contributed by atoms with Gasteiger partial charge in [0.25, 0.3) is 5.91 Å². The van der Waals surface area contributed by atoms with Gasteiger partial charge in [0, 0.05) is 37.8 Å². The number of aromatic nitrogens is 2. The standard InChI is InChI=1S/C18H21ClFN5O4/c1-23-17(27)16-12-8-24(18(28)21-10-2-3-14(20)13(19)6-10)5-4-15(12)22-25(16)7-11(9-26)29-23/h2-3,6,11,18,21,26,28H,4-5,7-9H2,1H3/t11-,18?/m1/s1. The lowest BCUT2D eigenvalue weighted by Crippen LogP contribution is -2.44. The van der Waals surface area contributed by atoms with E-state index in [2.05, 4.69) is 10.4 Å². The van der Waals surface area contributed by atoms with Crippen molar-refractivity contribution in [1.29, 1.82) is 0 Å². The lowest BCUT2D eigenvalue weighted by molar-refractivity contribution is -0.159. The molecule has 156 valence electrons. The number of carbonyl (C=O) groups is 1. The molecule has 2 atom stereocenters. The van der Waals surface area contributed by atoms with Crippen LogP contribution in [-0.2, 0) is 24.3 Å². The number of rotatable bonds is 4. The topological polar surface area (TPSA) is 103 Å². The number of benzene rings is 1. The van der Waals surface area contributed by atoms with E-state index in [0.717, 1.165) is 10.8 Å². The maximum atomic E-state index is 13.3. The van der Waals surface area contributed by atoms with Crippen LogP contribution in [-0.4, -0.2) is 68.5 Å². The molecule has 0 fully saturated rings. The second-order valence-electron chi connectivity index (χ2n) is 7.04.